The molecule has 11 heteroatoms. The lowest BCUT2D eigenvalue weighted by Crippen LogP contribution is -2.44. The average molecular weight is 454 g/mol. The molecule has 2 aromatic rings. The number of methoxy groups -OCH3 is 2. The van der Waals surface area contributed by atoms with E-state index in [4.69, 9.17) is 9.47 Å². The average Bonchev–Trinajstić information content (AvgIpc) is 3.07. The van der Waals surface area contributed by atoms with Gasteiger partial charge in [0.25, 0.3) is 17.5 Å². The highest BCUT2D eigenvalue weighted by molar-refractivity contribution is 6.24. The fourth-order valence-electron chi connectivity index (χ4n) is 3.19. The first-order valence-electron chi connectivity index (χ1n) is 9.50. The molecule has 1 heterocycles. The predicted octanol–water partition coefficient (Wildman–Crippen LogP) is 2.38. The summed E-state index contributed by atoms with van der Waals surface area (Å²) in [6.07, 6.45) is 2.66. The molecule has 1 atom stereocenters. The molecule has 0 spiro atoms. The lowest BCUT2D eigenvalue weighted by atomic mass is 10.1. The van der Waals surface area contributed by atoms with Gasteiger partial charge < -0.3 is 14.2 Å². The Morgan fingerprint density at radius 3 is 2.45 bits per heavy atom. The maximum Gasteiger partial charge on any atom is 0.334 e. The highest BCUT2D eigenvalue weighted by Gasteiger charge is 2.45. The second-order valence-corrected chi connectivity index (χ2v) is 6.80. The molecule has 0 saturated carbocycles. The van der Waals surface area contributed by atoms with Crippen LogP contribution in [-0.4, -0.2) is 53.8 Å². The van der Waals surface area contributed by atoms with Crippen molar-refractivity contribution < 1.29 is 38.3 Å². The van der Waals surface area contributed by atoms with Crippen molar-refractivity contribution >= 4 is 35.5 Å². The summed E-state index contributed by atoms with van der Waals surface area (Å²) in [6, 6.07) is 6.75. The number of nitro benzene ring substituents is 1. The quantitative estimate of drug-likeness (QED) is 0.154. The molecule has 0 aliphatic carbocycles. The maximum absolute atomic E-state index is 12.8. The van der Waals surface area contributed by atoms with Crippen LogP contribution in [0, 0.1) is 10.1 Å². The topological polar surface area (TPSA) is 142 Å². The van der Waals surface area contributed by atoms with E-state index in [0.29, 0.717) is 10.5 Å². The second-order valence-electron chi connectivity index (χ2n) is 6.80. The maximum atomic E-state index is 12.8. The van der Waals surface area contributed by atoms with Gasteiger partial charge in [-0.3, -0.25) is 24.6 Å². The smallest absolute Gasteiger partial charge is 0.334 e. The molecular weight excluding hydrogens is 436 g/mol. The summed E-state index contributed by atoms with van der Waals surface area (Å²) in [5.74, 6) is -3.14. The van der Waals surface area contributed by atoms with E-state index in [0.717, 1.165) is 6.07 Å². The molecular formula is C22H18N2O9. The van der Waals surface area contributed by atoms with Gasteiger partial charge in [0, 0.05) is 12.1 Å². The van der Waals surface area contributed by atoms with Crippen LogP contribution in [0.4, 0.5) is 5.69 Å². The highest BCUT2D eigenvalue weighted by atomic mass is 16.6. The Hall–Kier alpha value is -4.54. The highest BCUT2D eigenvalue weighted by Crippen LogP contribution is 2.33. The van der Waals surface area contributed by atoms with Gasteiger partial charge in [0.1, 0.15) is 11.6 Å². The number of fused-ring (bicyclic) bond motifs is 1. The van der Waals surface area contributed by atoms with E-state index < -0.39 is 40.4 Å². The zero-order valence-electron chi connectivity index (χ0n) is 17.8. The molecule has 1 aliphatic rings. The molecule has 3 rings (SSSR count). The summed E-state index contributed by atoms with van der Waals surface area (Å²) < 4.78 is 15.1. The zero-order valence-corrected chi connectivity index (χ0v) is 17.8. The van der Waals surface area contributed by atoms with Gasteiger partial charge >= 0.3 is 11.9 Å². The summed E-state index contributed by atoms with van der Waals surface area (Å²) >= 11 is 0. The number of nitrogens with zero attached hydrogens (tertiary/aromatic N) is 2. The molecule has 1 aliphatic heterocycles. The molecule has 0 N–H and O–H groups in total. The molecule has 170 valence electrons. The fraction of sp³-hybridized carbons (Fsp3) is 0.182. The van der Waals surface area contributed by atoms with Crippen LogP contribution >= 0.6 is 0 Å². The molecule has 33 heavy (non-hydrogen) atoms. The van der Waals surface area contributed by atoms with Crippen molar-refractivity contribution in [2.24, 2.45) is 0 Å². The molecule has 0 fully saturated rings. The molecule has 0 saturated heterocycles. The van der Waals surface area contributed by atoms with Crippen molar-refractivity contribution in [1.29, 1.82) is 0 Å². The van der Waals surface area contributed by atoms with Gasteiger partial charge in [0.15, 0.2) is 11.5 Å². The molecule has 11 nitrogen and oxygen atoms in total. The van der Waals surface area contributed by atoms with E-state index in [9.17, 15) is 29.3 Å². The van der Waals surface area contributed by atoms with Gasteiger partial charge in [-0.2, -0.15) is 0 Å². The summed E-state index contributed by atoms with van der Waals surface area (Å²) in [5.41, 5.74) is -0.497. The van der Waals surface area contributed by atoms with Gasteiger partial charge in [0.05, 0.1) is 24.7 Å². The molecule has 1 unspecified atom stereocenters. The van der Waals surface area contributed by atoms with Crippen LogP contribution in [-0.2, 0) is 14.3 Å². The molecule has 0 aromatic heterocycles. The number of ether oxygens (including phenoxy) is 3. The summed E-state index contributed by atoms with van der Waals surface area (Å²) in [4.78, 5) is 60.6. The molecule has 2 aromatic carbocycles. The van der Waals surface area contributed by atoms with Crippen LogP contribution in [0.2, 0.25) is 0 Å². The standard InChI is InChI=1S/C22H18N2O9/c1-12(23-20(26)14-5-4-6-15(24(29)30)19(14)21(23)27)22(28)33-16-9-7-13(11-17(16)31-2)8-10-18(25)32-3/h4-12H,1-3H3/b10-8+. The number of nitro groups is 1. The van der Waals surface area contributed by atoms with E-state index in [2.05, 4.69) is 4.74 Å². The van der Waals surface area contributed by atoms with Crippen LogP contribution in [0.1, 0.15) is 33.2 Å². The lowest BCUT2D eigenvalue weighted by molar-refractivity contribution is -0.385. The number of hydrogen-bond donors (Lipinski definition) is 0. The first-order chi connectivity index (χ1) is 15.7. The Morgan fingerprint density at radius 1 is 1.09 bits per heavy atom. The van der Waals surface area contributed by atoms with E-state index in [1.54, 1.807) is 6.07 Å². The van der Waals surface area contributed by atoms with Crippen molar-refractivity contribution in [1.82, 2.24) is 4.90 Å². The third-order valence-electron chi connectivity index (χ3n) is 4.86. The number of carbonyl (C=O) groups is 4. The summed E-state index contributed by atoms with van der Waals surface area (Å²) in [6.45, 7) is 1.27. The van der Waals surface area contributed by atoms with Gasteiger partial charge in [-0.15, -0.1) is 0 Å². The minimum Gasteiger partial charge on any atom is -0.493 e. The molecule has 0 radical (unpaired) electrons. The number of carbonyl (C=O) groups excluding carboxylic acids is 4. The van der Waals surface area contributed by atoms with E-state index in [1.165, 1.54) is 57.6 Å². The minimum absolute atomic E-state index is 0.00663. The number of esters is 2. The van der Waals surface area contributed by atoms with Gasteiger partial charge in [-0.05, 0) is 36.8 Å². The minimum atomic E-state index is -1.37. The van der Waals surface area contributed by atoms with Crippen molar-refractivity contribution in [3.8, 4) is 11.5 Å². The molecule has 2 amide bonds. The van der Waals surface area contributed by atoms with Crippen LogP contribution in [0.25, 0.3) is 6.08 Å². The third kappa shape index (κ3) is 4.42. The van der Waals surface area contributed by atoms with Crippen LogP contribution in [0.15, 0.2) is 42.5 Å². The number of imide groups is 1. The molecule has 0 bridgehead atoms. The number of rotatable bonds is 7. The predicted molar refractivity (Wildman–Crippen MR) is 113 cm³/mol. The normalized spacial score (nSPS) is 13.6. The van der Waals surface area contributed by atoms with E-state index in [-0.39, 0.29) is 22.6 Å². The third-order valence-corrected chi connectivity index (χ3v) is 4.86. The summed E-state index contributed by atoms with van der Waals surface area (Å²) in [7, 11) is 2.58. The fourth-order valence-corrected chi connectivity index (χ4v) is 3.19. The van der Waals surface area contributed by atoms with Crippen molar-refractivity contribution in [3.05, 3.63) is 69.3 Å². The SMILES string of the molecule is COC(=O)/C=C/c1ccc(OC(=O)C(C)N2C(=O)c3cccc([N+](=O)[O-])c3C2=O)c(OC)c1. The largest absolute Gasteiger partial charge is 0.493 e. The van der Waals surface area contributed by atoms with Crippen LogP contribution in [0.5, 0.6) is 11.5 Å². The lowest BCUT2D eigenvalue weighted by Gasteiger charge is -2.21. The van der Waals surface area contributed by atoms with Crippen LogP contribution < -0.4 is 9.47 Å². The monoisotopic (exact) mass is 454 g/mol. The van der Waals surface area contributed by atoms with Gasteiger partial charge in [-0.1, -0.05) is 12.1 Å². The Balaban J connectivity index is 1.82. The van der Waals surface area contributed by atoms with Gasteiger partial charge in [0.2, 0.25) is 0 Å². The Kier molecular flexibility index (Phi) is 6.52. The van der Waals surface area contributed by atoms with Crippen molar-refractivity contribution in [2.45, 2.75) is 13.0 Å². The number of amides is 2. The zero-order chi connectivity index (χ0) is 24.3. The Labute approximate surface area is 187 Å². The first kappa shape index (κ1) is 23.1. The number of benzene rings is 2. The number of hydrogen-bond acceptors (Lipinski definition) is 9. The Bertz CT molecular complexity index is 1200. The van der Waals surface area contributed by atoms with E-state index >= 15 is 0 Å². The second kappa shape index (κ2) is 9.30. The first-order valence-corrected chi connectivity index (χ1v) is 9.50. The van der Waals surface area contributed by atoms with Crippen molar-refractivity contribution in [2.75, 3.05) is 14.2 Å². The van der Waals surface area contributed by atoms with Crippen LogP contribution in [0.3, 0.4) is 0 Å². The summed E-state index contributed by atoms with van der Waals surface area (Å²) in [5, 5.41) is 11.3. The van der Waals surface area contributed by atoms with Crippen molar-refractivity contribution in [3.63, 3.8) is 0 Å². The van der Waals surface area contributed by atoms with E-state index in [1.807, 2.05) is 0 Å². The Morgan fingerprint density at radius 2 is 1.82 bits per heavy atom. The van der Waals surface area contributed by atoms with Gasteiger partial charge in [-0.25, -0.2) is 9.59 Å².